The van der Waals surface area contributed by atoms with Crippen LogP contribution in [0, 0.1) is 5.92 Å². The Hall–Kier alpha value is -0.900. The summed E-state index contributed by atoms with van der Waals surface area (Å²) in [6.45, 7) is 5.06. The van der Waals surface area contributed by atoms with Gasteiger partial charge in [0.25, 0.3) is 0 Å². The molecular weight excluding hydrogens is 242 g/mol. The molecule has 2 rings (SSSR count). The molecule has 0 bridgehead atoms. The molecule has 0 amide bonds. The third-order valence-corrected chi connectivity index (χ3v) is 4.11. The van der Waals surface area contributed by atoms with Crippen molar-refractivity contribution < 1.29 is 4.74 Å². The number of methoxy groups -OCH3 is 1. The van der Waals surface area contributed by atoms with Gasteiger partial charge in [-0.25, -0.2) is 0 Å². The van der Waals surface area contributed by atoms with Crippen molar-refractivity contribution in [1.29, 1.82) is 0 Å². The Labute approximate surface area is 113 Å². The van der Waals surface area contributed by atoms with Crippen LogP contribution < -0.4 is 5.32 Å². The van der Waals surface area contributed by atoms with E-state index >= 15 is 0 Å². The summed E-state index contributed by atoms with van der Waals surface area (Å²) in [6.07, 6.45) is 1.14. The lowest BCUT2D eigenvalue weighted by atomic mass is 10.00. The molecule has 0 aliphatic rings. The Morgan fingerprint density at radius 2 is 2.22 bits per heavy atom. The van der Waals surface area contributed by atoms with Crippen LogP contribution in [0.15, 0.2) is 29.6 Å². The minimum Gasteiger partial charge on any atom is -0.383 e. The van der Waals surface area contributed by atoms with Gasteiger partial charge in [-0.15, -0.1) is 11.3 Å². The van der Waals surface area contributed by atoms with E-state index in [0.29, 0.717) is 5.92 Å². The quantitative estimate of drug-likeness (QED) is 0.774. The summed E-state index contributed by atoms with van der Waals surface area (Å²) in [4.78, 5) is 0. The van der Waals surface area contributed by atoms with Gasteiger partial charge in [0.1, 0.15) is 0 Å². The van der Waals surface area contributed by atoms with Crippen molar-refractivity contribution in [2.24, 2.45) is 5.92 Å². The highest BCUT2D eigenvalue weighted by Gasteiger charge is 2.07. The van der Waals surface area contributed by atoms with E-state index in [9.17, 15) is 0 Å². The summed E-state index contributed by atoms with van der Waals surface area (Å²) in [7, 11) is 1.74. The number of hydrogen-bond donors (Lipinski definition) is 1. The first-order valence-corrected chi connectivity index (χ1v) is 7.34. The second-order valence-corrected chi connectivity index (χ2v) is 5.68. The zero-order chi connectivity index (χ0) is 12.8. The predicted molar refractivity (Wildman–Crippen MR) is 79.4 cm³/mol. The molecule has 1 N–H and O–H groups in total. The van der Waals surface area contributed by atoms with E-state index in [-0.39, 0.29) is 0 Å². The van der Waals surface area contributed by atoms with E-state index in [4.69, 9.17) is 4.74 Å². The van der Waals surface area contributed by atoms with Crippen molar-refractivity contribution in [2.75, 3.05) is 26.8 Å². The van der Waals surface area contributed by atoms with Crippen LogP contribution in [-0.2, 0) is 11.2 Å². The summed E-state index contributed by atoms with van der Waals surface area (Å²) < 4.78 is 6.47. The minimum absolute atomic E-state index is 0.648. The van der Waals surface area contributed by atoms with E-state index < -0.39 is 0 Å². The van der Waals surface area contributed by atoms with Crippen LogP contribution >= 0.6 is 11.3 Å². The monoisotopic (exact) mass is 263 g/mol. The van der Waals surface area contributed by atoms with E-state index in [2.05, 4.69) is 41.9 Å². The molecule has 18 heavy (non-hydrogen) atoms. The van der Waals surface area contributed by atoms with Gasteiger partial charge < -0.3 is 10.1 Å². The molecule has 0 aliphatic heterocycles. The molecule has 3 heteroatoms. The van der Waals surface area contributed by atoms with Crippen LogP contribution in [0.5, 0.6) is 0 Å². The normalized spacial score (nSPS) is 13.0. The molecule has 0 saturated carbocycles. The van der Waals surface area contributed by atoms with Gasteiger partial charge in [-0.3, -0.25) is 0 Å². The molecule has 0 aliphatic carbocycles. The molecule has 1 aromatic carbocycles. The van der Waals surface area contributed by atoms with Crippen LogP contribution in [0.2, 0.25) is 0 Å². The Morgan fingerprint density at radius 3 is 3.06 bits per heavy atom. The maximum atomic E-state index is 5.03. The zero-order valence-corrected chi connectivity index (χ0v) is 11.9. The molecule has 0 spiro atoms. The van der Waals surface area contributed by atoms with Gasteiger partial charge in [0.2, 0.25) is 0 Å². The van der Waals surface area contributed by atoms with Crippen LogP contribution in [0.1, 0.15) is 12.5 Å². The first kappa shape index (κ1) is 13.5. The van der Waals surface area contributed by atoms with E-state index in [1.807, 2.05) is 11.3 Å². The standard InChI is InChI=1S/C15H21NOS/c1-12(11-16-7-8-17-2)10-14-5-3-4-13-6-9-18-15(13)14/h3-6,9,12,16H,7-8,10-11H2,1-2H3. The molecule has 0 radical (unpaired) electrons. The third kappa shape index (κ3) is 3.55. The van der Waals surface area contributed by atoms with Crippen molar-refractivity contribution in [3.05, 3.63) is 35.2 Å². The summed E-state index contributed by atoms with van der Waals surface area (Å²) >= 11 is 1.85. The smallest absolute Gasteiger partial charge is 0.0587 e. The molecule has 1 unspecified atom stereocenters. The van der Waals surface area contributed by atoms with Crippen LogP contribution in [0.4, 0.5) is 0 Å². The summed E-state index contributed by atoms with van der Waals surface area (Å²) in [5.74, 6) is 0.648. The molecule has 98 valence electrons. The van der Waals surface area contributed by atoms with Gasteiger partial charge in [0, 0.05) is 18.4 Å². The number of nitrogens with one attached hydrogen (secondary N) is 1. The van der Waals surface area contributed by atoms with E-state index in [1.165, 1.54) is 15.6 Å². The van der Waals surface area contributed by atoms with E-state index in [1.54, 1.807) is 7.11 Å². The largest absolute Gasteiger partial charge is 0.383 e. The van der Waals surface area contributed by atoms with E-state index in [0.717, 1.165) is 26.1 Å². The van der Waals surface area contributed by atoms with Gasteiger partial charge in [-0.1, -0.05) is 25.1 Å². The van der Waals surface area contributed by atoms with Gasteiger partial charge in [-0.05, 0) is 41.3 Å². The highest BCUT2D eigenvalue weighted by Crippen LogP contribution is 2.26. The second kappa shape index (κ2) is 6.88. The van der Waals surface area contributed by atoms with Crippen molar-refractivity contribution in [3.8, 4) is 0 Å². The summed E-state index contributed by atoms with van der Waals surface area (Å²) in [6, 6.07) is 8.81. The highest BCUT2D eigenvalue weighted by molar-refractivity contribution is 7.17. The Morgan fingerprint density at radius 1 is 1.33 bits per heavy atom. The van der Waals surface area contributed by atoms with Crippen molar-refractivity contribution in [3.63, 3.8) is 0 Å². The number of benzene rings is 1. The zero-order valence-electron chi connectivity index (χ0n) is 11.1. The molecule has 1 atom stereocenters. The topological polar surface area (TPSA) is 21.3 Å². The fraction of sp³-hybridized carbons (Fsp3) is 0.467. The lowest BCUT2D eigenvalue weighted by Crippen LogP contribution is -2.25. The molecule has 2 aromatic rings. The average molecular weight is 263 g/mol. The number of hydrogen-bond acceptors (Lipinski definition) is 3. The lowest BCUT2D eigenvalue weighted by molar-refractivity contribution is 0.198. The Bertz CT molecular complexity index is 480. The first-order chi connectivity index (χ1) is 8.81. The van der Waals surface area contributed by atoms with Gasteiger partial charge in [0.05, 0.1) is 6.61 Å². The van der Waals surface area contributed by atoms with Gasteiger partial charge in [-0.2, -0.15) is 0 Å². The molecule has 0 fully saturated rings. The number of thiophene rings is 1. The third-order valence-electron chi connectivity index (χ3n) is 3.10. The average Bonchev–Trinajstić information content (AvgIpc) is 2.84. The van der Waals surface area contributed by atoms with Crippen LogP contribution in [0.25, 0.3) is 10.1 Å². The molecule has 2 nitrogen and oxygen atoms in total. The SMILES string of the molecule is COCCNCC(C)Cc1cccc2ccsc12. The maximum Gasteiger partial charge on any atom is 0.0587 e. The maximum absolute atomic E-state index is 5.03. The fourth-order valence-electron chi connectivity index (χ4n) is 2.19. The van der Waals surface area contributed by atoms with Crippen molar-refractivity contribution >= 4 is 21.4 Å². The molecular formula is C15H21NOS. The first-order valence-electron chi connectivity index (χ1n) is 6.46. The molecule has 0 saturated heterocycles. The van der Waals surface area contributed by atoms with Crippen LogP contribution in [0.3, 0.4) is 0 Å². The van der Waals surface area contributed by atoms with Gasteiger partial charge in [0.15, 0.2) is 0 Å². The Kier molecular flexibility index (Phi) is 5.17. The van der Waals surface area contributed by atoms with Gasteiger partial charge >= 0.3 is 0 Å². The molecule has 1 aromatic heterocycles. The number of fused-ring (bicyclic) bond motifs is 1. The molecule has 1 heterocycles. The lowest BCUT2D eigenvalue weighted by Gasteiger charge is -2.13. The fourth-order valence-corrected chi connectivity index (χ4v) is 3.11. The van der Waals surface area contributed by atoms with Crippen molar-refractivity contribution in [1.82, 2.24) is 5.32 Å². The summed E-state index contributed by atoms with van der Waals surface area (Å²) in [5.41, 5.74) is 1.48. The second-order valence-electron chi connectivity index (χ2n) is 4.76. The highest BCUT2D eigenvalue weighted by atomic mass is 32.1. The number of rotatable bonds is 7. The summed E-state index contributed by atoms with van der Waals surface area (Å²) in [5, 5.41) is 6.98. The Balaban J connectivity index is 1.90. The van der Waals surface area contributed by atoms with Crippen molar-refractivity contribution in [2.45, 2.75) is 13.3 Å². The number of ether oxygens (including phenoxy) is 1. The predicted octanol–water partition coefficient (Wildman–Crippen LogP) is 3.32. The van der Waals surface area contributed by atoms with Crippen LogP contribution in [-0.4, -0.2) is 26.8 Å². The minimum atomic E-state index is 0.648.